The Labute approximate surface area is 213 Å². The van der Waals surface area contributed by atoms with Gasteiger partial charge in [-0.15, -0.1) is 0 Å². The molecule has 4 rings (SSSR count). The van der Waals surface area contributed by atoms with Gasteiger partial charge >= 0.3 is 5.97 Å². The van der Waals surface area contributed by atoms with Gasteiger partial charge in [0.15, 0.2) is 6.04 Å². The number of carbonyl (C=O) groups excluding carboxylic acids is 2. The fraction of sp³-hybridized carbons (Fsp3) is 0.125. The normalized spacial score (nSPS) is 16.9. The minimum Gasteiger partial charge on any atom is -0.479 e. The van der Waals surface area contributed by atoms with Gasteiger partial charge in [0.1, 0.15) is 6.04 Å². The van der Waals surface area contributed by atoms with Crippen molar-refractivity contribution in [3.8, 4) is 0 Å². The molecule has 2 amide bonds. The Bertz CT molecular complexity index is 1250. The summed E-state index contributed by atoms with van der Waals surface area (Å²) in [4.78, 5) is 42.8. The Morgan fingerprint density at radius 2 is 1.55 bits per heavy atom. The third kappa shape index (κ3) is 4.45. The van der Waals surface area contributed by atoms with E-state index in [1.165, 1.54) is 4.90 Å². The smallest absolute Gasteiger partial charge is 0.331 e. The van der Waals surface area contributed by atoms with Crippen molar-refractivity contribution in [1.29, 1.82) is 0 Å². The van der Waals surface area contributed by atoms with Crippen LogP contribution < -0.4 is 4.90 Å². The van der Waals surface area contributed by atoms with Crippen LogP contribution in [0.5, 0.6) is 0 Å². The highest BCUT2D eigenvalue weighted by molar-refractivity contribution is 14.1. The van der Waals surface area contributed by atoms with Gasteiger partial charge in [-0.1, -0.05) is 47.5 Å². The number of likely N-dealkylation sites (N-methyl/N-ethyl adjacent to an activating group) is 1. The molecule has 0 aromatic heterocycles. The second kappa shape index (κ2) is 9.32. The highest BCUT2D eigenvalue weighted by atomic mass is 127. The third-order valence-electron chi connectivity index (χ3n) is 5.51. The molecule has 168 valence electrons. The summed E-state index contributed by atoms with van der Waals surface area (Å²) in [6.45, 7) is 0. The fourth-order valence-electron chi connectivity index (χ4n) is 3.93. The van der Waals surface area contributed by atoms with E-state index >= 15 is 0 Å². The van der Waals surface area contributed by atoms with Crippen LogP contribution in [0.1, 0.15) is 33.6 Å². The molecule has 1 aliphatic rings. The number of anilines is 1. The maximum Gasteiger partial charge on any atom is 0.331 e. The molecular weight excluding hydrogens is 578 g/mol. The van der Waals surface area contributed by atoms with Crippen LogP contribution in [0, 0.1) is 3.57 Å². The third-order valence-corrected chi connectivity index (χ3v) is 6.69. The summed E-state index contributed by atoms with van der Waals surface area (Å²) >= 11 is 14.1. The number of carboxylic acids is 1. The molecule has 2 atom stereocenters. The first-order valence-electron chi connectivity index (χ1n) is 9.82. The first-order chi connectivity index (χ1) is 15.7. The van der Waals surface area contributed by atoms with Crippen LogP contribution in [0.25, 0.3) is 0 Å². The summed E-state index contributed by atoms with van der Waals surface area (Å²) in [5.41, 5.74) is 1.43. The van der Waals surface area contributed by atoms with E-state index in [0.29, 0.717) is 26.9 Å². The van der Waals surface area contributed by atoms with E-state index in [0.717, 1.165) is 8.47 Å². The molecule has 0 unspecified atom stereocenters. The molecule has 1 aliphatic heterocycles. The predicted octanol–water partition coefficient (Wildman–Crippen LogP) is 5.58. The van der Waals surface area contributed by atoms with Crippen molar-refractivity contribution < 1.29 is 19.5 Å². The summed E-state index contributed by atoms with van der Waals surface area (Å²) in [7, 11) is 1.58. The van der Waals surface area contributed by atoms with Crippen molar-refractivity contribution in [2.75, 3.05) is 11.9 Å². The number of rotatable bonds is 4. The first kappa shape index (κ1) is 23.5. The molecule has 0 aliphatic carbocycles. The van der Waals surface area contributed by atoms with Gasteiger partial charge in [0, 0.05) is 20.7 Å². The molecule has 0 saturated heterocycles. The molecule has 0 bridgehead atoms. The maximum atomic E-state index is 13.9. The zero-order valence-electron chi connectivity index (χ0n) is 17.2. The number of amides is 2. The topological polar surface area (TPSA) is 77.9 Å². The number of benzene rings is 3. The van der Waals surface area contributed by atoms with Crippen LogP contribution in [-0.4, -0.2) is 34.8 Å². The second-order valence-electron chi connectivity index (χ2n) is 7.52. The van der Waals surface area contributed by atoms with Crippen molar-refractivity contribution >= 4 is 69.3 Å². The number of carbonyl (C=O) groups is 3. The van der Waals surface area contributed by atoms with Gasteiger partial charge in [0.05, 0.1) is 11.3 Å². The van der Waals surface area contributed by atoms with Gasteiger partial charge in [-0.2, -0.15) is 0 Å². The van der Waals surface area contributed by atoms with E-state index in [2.05, 4.69) is 22.6 Å². The molecular formula is C24H17Cl2IN2O4. The van der Waals surface area contributed by atoms with Crippen LogP contribution in [0.15, 0.2) is 66.7 Å². The van der Waals surface area contributed by atoms with Gasteiger partial charge in [-0.05, 0) is 76.2 Å². The van der Waals surface area contributed by atoms with Gasteiger partial charge in [0.25, 0.3) is 11.8 Å². The van der Waals surface area contributed by atoms with E-state index in [1.807, 2.05) is 0 Å². The summed E-state index contributed by atoms with van der Waals surface area (Å²) in [6, 6.07) is 15.2. The molecule has 1 N–H and O–H groups in total. The van der Waals surface area contributed by atoms with Crippen molar-refractivity contribution in [2.24, 2.45) is 0 Å². The lowest BCUT2D eigenvalue weighted by Gasteiger charge is -2.35. The fourth-order valence-corrected chi connectivity index (χ4v) is 4.67. The van der Waals surface area contributed by atoms with Gasteiger partial charge < -0.3 is 14.9 Å². The van der Waals surface area contributed by atoms with E-state index in [1.54, 1.807) is 73.8 Å². The average Bonchev–Trinajstić information content (AvgIpc) is 2.86. The molecule has 0 radical (unpaired) electrons. The molecule has 9 heteroatoms. The summed E-state index contributed by atoms with van der Waals surface area (Å²) in [6.07, 6.45) is 0. The van der Waals surface area contributed by atoms with E-state index < -0.39 is 29.9 Å². The standard InChI is InChI=1S/C24H17Cl2IN2O4/c1-28-19-11-10-17(27)12-18(19)22(30)29(20(23(28)31)13-2-6-15(25)7-3-13)21(24(32)33)14-4-8-16(26)9-5-14/h2-12,20-21H,1H3,(H,32,33)/t20-,21-/m0/s1. The van der Waals surface area contributed by atoms with Gasteiger partial charge in [0.2, 0.25) is 0 Å². The molecule has 33 heavy (non-hydrogen) atoms. The number of hydrogen-bond donors (Lipinski definition) is 1. The van der Waals surface area contributed by atoms with Crippen molar-refractivity contribution in [3.05, 3.63) is 97.0 Å². The molecule has 3 aromatic carbocycles. The van der Waals surface area contributed by atoms with Crippen LogP contribution in [0.3, 0.4) is 0 Å². The number of nitrogens with zero attached hydrogens (tertiary/aromatic N) is 2. The number of fused-ring (bicyclic) bond motifs is 1. The average molecular weight is 595 g/mol. The molecule has 3 aromatic rings. The Morgan fingerprint density at radius 1 is 0.970 bits per heavy atom. The lowest BCUT2D eigenvalue weighted by molar-refractivity contribution is -0.144. The van der Waals surface area contributed by atoms with E-state index in [9.17, 15) is 19.5 Å². The van der Waals surface area contributed by atoms with Crippen molar-refractivity contribution in [3.63, 3.8) is 0 Å². The predicted molar refractivity (Wildman–Crippen MR) is 135 cm³/mol. The first-order valence-corrected chi connectivity index (χ1v) is 11.7. The van der Waals surface area contributed by atoms with Crippen LogP contribution in [-0.2, 0) is 9.59 Å². The van der Waals surface area contributed by atoms with Crippen LogP contribution in [0.4, 0.5) is 5.69 Å². The number of carboxylic acid groups (broad SMARTS) is 1. The number of hydrogen-bond acceptors (Lipinski definition) is 3. The highest BCUT2D eigenvalue weighted by Crippen LogP contribution is 2.40. The van der Waals surface area contributed by atoms with Crippen LogP contribution in [0.2, 0.25) is 10.0 Å². The Morgan fingerprint density at radius 3 is 2.12 bits per heavy atom. The highest BCUT2D eigenvalue weighted by Gasteiger charge is 2.45. The van der Waals surface area contributed by atoms with E-state index in [4.69, 9.17) is 23.2 Å². The van der Waals surface area contributed by atoms with Gasteiger partial charge in [-0.3, -0.25) is 9.59 Å². The summed E-state index contributed by atoms with van der Waals surface area (Å²) in [5, 5.41) is 11.1. The largest absolute Gasteiger partial charge is 0.479 e. The minimum absolute atomic E-state index is 0.245. The Balaban J connectivity index is 1.99. The Hall–Kier alpha value is -2.62. The summed E-state index contributed by atoms with van der Waals surface area (Å²) < 4.78 is 0.781. The SMILES string of the molecule is CN1C(=O)[C@H](c2ccc(Cl)cc2)N([C@H](C(=O)O)c2ccc(Cl)cc2)C(=O)c2cc(I)ccc21. The lowest BCUT2D eigenvalue weighted by Crippen LogP contribution is -2.45. The number of halogens is 3. The molecule has 1 heterocycles. The molecule has 0 saturated carbocycles. The van der Waals surface area contributed by atoms with Crippen molar-refractivity contribution in [2.45, 2.75) is 12.1 Å². The molecule has 6 nitrogen and oxygen atoms in total. The second-order valence-corrected chi connectivity index (χ2v) is 9.64. The molecule has 0 fully saturated rings. The zero-order chi connectivity index (χ0) is 23.9. The lowest BCUT2D eigenvalue weighted by atomic mass is 9.97. The zero-order valence-corrected chi connectivity index (χ0v) is 20.9. The Kier molecular flexibility index (Phi) is 6.65. The quantitative estimate of drug-likeness (QED) is 0.400. The number of aliphatic carboxylic acids is 1. The van der Waals surface area contributed by atoms with Crippen molar-refractivity contribution in [1.82, 2.24) is 4.90 Å². The minimum atomic E-state index is -1.43. The van der Waals surface area contributed by atoms with E-state index in [-0.39, 0.29) is 5.56 Å². The van der Waals surface area contributed by atoms with Crippen LogP contribution >= 0.6 is 45.8 Å². The molecule has 0 spiro atoms. The monoisotopic (exact) mass is 594 g/mol. The van der Waals surface area contributed by atoms with Gasteiger partial charge in [-0.25, -0.2) is 4.79 Å². The summed E-state index contributed by atoms with van der Waals surface area (Å²) in [5.74, 6) is -2.27. The maximum absolute atomic E-state index is 13.9.